The van der Waals surface area contributed by atoms with Gasteiger partial charge in [-0.1, -0.05) is 62.0 Å². The Balaban J connectivity index is 0.00000124. The van der Waals surface area contributed by atoms with Crippen molar-refractivity contribution in [3.63, 3.8) is 0 Å². The third-order valence-electron chi connectivity index (χ3n) is 5.91. The molecule has 30 heavy (non-hydrogen) atoms. The fourth-order valence-corrected chi connectivity index (χ4v) is 4.76. The number of benzene rings is 2. The number of amidine groups is 1. The van der Waals surface area contributed by atoms with Gasteiger partial charge < -0.3 is 11.1 Å². The van der Waals surface area contributed by atoms with Crippen molar-refractivity contribution in [2.45, 2.75) is 56.7 Å². The van der Waals surface area contributed by atoms with Gasteiger partial charge in [-0.05, 0) is 55.5 Å². The molecule has 1 heterocycles. The van der Waals surface area contributed by atoms with Crippen LogP contribution in [0.25, 0.3) is 0 Å². The lowest BCUT2D eigenvalue weighted by molar-refractivity contribution is -0.121. The van der Waals surface area contributed by atoms with Crippen LogP contribution < -0.4 is 11.1 Å². The van der Waals surface area contributed by atoms with Crippen LogP contribution in [0.2, 0.25) is 0 Å². The highest BCUT2D eigenvalue weighted by Crippen LogP contribution is 2.48. The average Bonchev–Trinajstić information content (AvgIpc) is 3.51. The van der Waals surface area contributed by atoms with Gasteiger partial charge in [0.05, 0.1) is 6.04 Å². The minimum atomic E-state index is -0.723. The highest BCUT2D eigenvalue weighted by Gasteiger charge is 2.46. The molecule has 1 saturated carbocycles. The highest BCUT2D eigenvalue weighted by atomic mass is 32.2. The number of nitrogens with one attached hydrogen (secondary N) is 1. The third kappa shape index (κ3) is 4.30. The summed E-state index contributed by atoms with van der Waals surface area (Å²) in [5.41, 5.74) is 9.17. The van der Waals surface area contributed by atoms with Crippen LogP contribution in [-0.4, -0.2) is 17.6 Å². The second-order valence-corrected chi connectivity index (χ2v) is 9.22. The molecule has 2 atom stereocenters. The van der Waals surface area contributed by atoms with E-state index < -0.39 is 4.75 Å². The molecule has 2 aromatic rings. The molecule has 4 nitrogen and oxygen atoms in total. The van der Waals surface area contributed by atoms with Gasteiger partial charge >= 0.3 is 0 Å². The first kappa shape index (κ1) is 22.5. The van der Waals surface area contributed by atoms with E-state index in [9.17, 15) is 9.18 Å². The Bertz CT molecular complexity index is 922. The summed E-state index contributed by atoms with van der Waals surface area (Å²) in [6.45, 7) is 8.51. The number of thioether (sulfide) groups is 1. The highest BCUT2D eigenvalue weighted by molar-refractivity contribution is 8.15. The number of aliphatic imine (C=N–C) groups is 1. The molecular formula is C24H30FN3OS. The van der Waals surface area contributed by atoms with Crippen molar-refractivity contribution in [1.29, 1.82) is 0 Å². The molecular weight excluding hydrogens is 397 g/mol. The number of hydrogen-bond donors (Lipinski definition) is 2. The smallest absolute Gasteiger partial charge is 0.246 e. The summed E-state index contributed by atoms with van der Waals surface area (Å²) in [4.78, 5) is 17.4. The lowest BCUT2D eigenvalue weighted by Gasteiger charge is -2.21. The number of carbonyl (C=O) groups excluding carboxylic acids is 1. The zero-order valence-corrected chi connectivity index (χ0v) is 18.9. The zero-order valence-electron chi connectivity index (χ0n) is 18.0. The van der Waals surface area contributed by atoms with Crippen molar-refractivity contribution in [3.8, 4) is 0 Å². The maximum atomic E-state index is 13.1. The molecule has 0 spiro atoms. The van der Waals surface area contributed by atoms with E-state index in [-0.39, 0.29) is 23.2 Å². The molecule has 2 aromatic carbocycles. The minimum Gasteiger partial charge on any atom is -0.330 e. The summed E-state index contributed by atoms with van der Waals surface area (Å²) in [6.07, 6.45) is 2.26. The Morgan fingerprint density at radius 3 is 2.20 bits per heavy atom. The van der Waals surface area contributed by atoms with Gasteiger partial charge in [0, 0.05) is 12.0 Å². The minimum absolute atomic E-state index is 0.0738. The fourth-order valence-electron chi connectivity index (χ4n) is 3.63. The molecule has 4 rings (SSSR count). The second kappa shape index (κ2) is 8.90. The van der Waals surface area contributed by atoms with E-state index >= 15 is 0 Å². The lowest BCUT2D eigenvalue weighted by Crippen LogP contribution is -2.32. The van der Waals surface area contributed by atoms with Crippen LogP contribution in [0.1, 0.15) is 63.3 Å². The van der Waals surface area contributed by atoms with Crippen LogP contribution >= 0.6 is 11.8 Å². The topological polar surface area (TPSA) is 67.5 Å². The summed E-state index contributed by atoms with van der Waals surface area (Å²) in [7, 11) is 0. The molecule has 2 aliphatic rings. The van der Waals surface area contributed by atoms with Gasteiger partial charge in [-0.15, -0.1) is 0 Å². The number of hydrogen-bond acceptors (Lipinski definition) is 4. The van der Waals surface area contributed by atoms with Crippen LogP contribution in [0.5, 0.6) is 0 Å². The van der Waals surface area contributed by atoms with E-state index in [0.29, 0.717) is 11.7 Å². The molecule has 3 N–H and O–H groups in total. The summed E-state index contributed by atoms with van der Waals surface area (Å²) in [5, 5.41) is 3.50. The van der Waals surface area contributed by atoms with E-state index in [1.165, 1.54) is 29.5 Å². The Hall–Kier alpha value is -2.18. The molecule has 0 aromatic heterocycles. The quantitative estimate of drug-likeness (QED) is 0.703. The fraction of sp³-hybridized carbons (Fsp3) is 0.417. The maximum Gasteiger partial charge on any atom is 0.246 e. The molecule has 0 radical (unpaired) electrons. The van der Waals surface area contributed by atoms with E-state index in [2.05, 4.69) is 22.4 Å². The molecule has 1 saturated heterocycles. The van der Waals surface area contributed by atoms with E-state index in [0.717, 1.165) is 24.0 Å². The molecule has 160 valence electrons. The monoisotopic (exact) mass is 427 g/mol. The molecule has 1 aliphatic heterocycles. The molecule has 6 heteroatoms. The molecule has 2 fully saturated rings. The Labute approximate surface area is 182 Å². The summed E-state index contributed by atoms with van der Waals surface area (Å²) in [5.74, 6) is -0.346. The van der Waals surface area contributed by atoms with Crippen LogP contribution in [0.15, 0.2) is 53.5 Å². The summed E-state index contributed by atoms with van der Waals surface area (Å²) >= 11 is 1.43. The van der Waals surface area contributed by atoms with Gasteiger partial charge in [0.15, 0.2) is 5.17 Å². The molecule has 1 amide bonds. The van der Waals surface area contributed by atoms with Gasteiger partial charge in [0.2, 0.25) is 5.91 Å². The standard InChI is InChI=1S/C22H24FN3OS.C2H6/c1-14(15-3-9-18(23)10-4-15)25-20-26-19(27)21(2,28-20)16-5-7-17(8-6-16)22(13-24)11-12-22;1-2/h3-10,14H,11-13,24H2,1-2H3,(H,25,26,27);1-2H3/t14-,21?;/m0./s1. The predicted octanol–water partition coefficient (Wildman–Crippen LogP) is 5.04. The SMILES string of the molecule is CC.C[C@H](N=C1NC(=O)C(C)(c2ccc(C3(CN)CC3)cc2)S1)c1ccc(F)cc1. The van der Waals surface area contributed by atoms with Gasteiger partial charge in [-0.3, -0.25) is 9.79 Å². The largest absolute Gasteiger partial charge is 0.330 e. The molecule has 0 bridgehead atoms. The first-order chi connectivity index (χ1) is 14.4. The number of rotatable bonds is 5. The normalized spacial score (nSPS) is 24.1. The van der Waals surface area contributed by atoms with Crippen LogP contribution in [0, 0.1) is 5.82 Å². The number of nitrogens with zero attached hydrogens (tertiary/aromatic N) is 1. The average molecular weight is 428 g/mol. The molecule has 1 aliphatic carbocycles. The van der Waals surface area contributed by atoms with Crippen LogP contribution in [0.4, 0.5) is 4.39 Å². The number of amides is 1. The first-order valence-corrected chi connectivity index (χ1v) is 11.3. The lowest BCUT2D eigenvalue weighted by atomic mass is 9.92. The van der Waals surface area contributed by atoms with E-state index in [1.54, 1.807) is 12.1 Å². The maximum absolute atomic E-state index is 13.1. The summed E-state index contributed by atoms with van der Waals surface area (Å²) < 4.78 is 12.4. The van der Waals surface area contributed by atoms with Gasteiger partial charge in [0.25, 0.3) is 0 Å². The van der Waals surface area contributed by atoms with Gasteiger partial charge in [0.1, 0.15) is 10.6 Å². The van der Waals surface area contributed by atoms with Crippen LogP contribution in [0.3, 0.4) is 0 Å². The predicted molar refractivity (Wildman–Crippen MR) is 123 cm³/mol. The van der Waals surface area contributed by atoms with Crippen molar-refractivity contribution >= 4 is 22.8 Å². The number of carbonyl (C=O) groups is 1. The zero-order chi connectivity index (χ0) is 21.9. The Morgan fingerprint density at radius 2 is 1.67 bits per heavy atom. The van der Waals surface area contributed by atoms with Crippen LogP contribution in [-0.2, 0) is 15.0 Å². The third-order valence-corrected chi connectivity index (χ3v) is 7.14. The van der Waals surface area contributed by atoms with Crippen molar-refractivity contribution in [2.24, 2.45) is 10.7 Å². The number of nitrogens with two attached hydrogens (primary N) is 1. The van der Waals surface area contributed by atoms with E-state index in [1.807, 2.05) is 39.8 Å². The van der Waals surface area contributed by atoms with Gasteiger partial charge in [-0.25, -0.2) is 4.39 Å². The van der Waals surface area contributed by atoms with Crippen molar-refractivity contribution in [1.82, 2.24) is 5.32 Å². The first-order valence-electron chi connectivity index (χ1n) is 10.5. The summed E-state index contributed by atoms with van der Waals surface area (Å²) in [6, 6.07) is 14.4. The van der Waals surface area contributed by atoms with Crippen molar-refractivity contribution in [3.05, 3.63) is 71.0 Å². The van der Waals surface area contributed by atoms with Gasteiger partial charge in [-0.2, -0.15) is 0 Å². The second-order valence-electron chi connectivity index (χ2n) is 7.81. The van der Waals surface area contributed by atoms with Crippen molar-refractivity contribution in [2.75, 3.05) is 6.54 Å². The number of halogens is 1. The van der Waals surface area contributed by atoms with E-state index in [4.69, 9.17) is 5.73 Å². The Morgan fingerprint density at radius 1 is 1.10 bits per heavy atom. The molecule has 1 unspecified atom stereocenters. The van der Waals surface area contributed by atoms with Crippen molar-refractivity contribution < 1.29 is 9.18 Å². The Kier molecular flexibility index (Phi) is 6.68.